The van der Waals surface area contributed by atoms with Crippen LogP contribution in [0.15, 0.2) is 18.6 Å². The first-order valence-corrected chi connectivity index (χ1v) is 7.51. The summed E-state index contributed by atoms with van der Waals surface area (Å²) in [4.78, 5) is 0. The lowest BCUT2D eigenvalue weighted by molar-refractivity contribution is 0.472. The number of aryl methyl sites for hydroxylation is 3. The Balaban J connectivity index is 0.000000956. The van der Waals surface area contributed by atoms with E-state index in [2.05, 4.69) is 42.4 Å². The predicted molar refractivity (Wildman–Crippen MR) is 81.5 cm³/mol. The van der Waals surface area contributed by atoms with E-state index in [-0.39, 0.29) is 0 Å². The van der Waals surface area contributed by atoms with E-state index in [0.717, 1.165) is 31.6 Å². The van der Waals surface area contributed by atoms with Crippen LogP contribution in [0.2, 0.25) is 0 Å². The molecule has 0 spiro atoms. The van der Waals surface area contributed by atoms with Crippen LogP contribution in [0.5, 0.6) is 0 Å². The molecule has 0 aliphatic heterocycles. The molecule has 0 unspecified atom stereocenters. The van der Waals surface area contributed by atoms with Gasteiger partial charge in [-0.25, -0.2) is 0 Å². The molecule has 0 N–H and O–H groups in total. The minimum atomic E-state index is 0.603. The second kappa shape index (κ2) is 8.51. The van der Waals surface area contributed by atoms with Crippen molar-refractivity contribution in [1.82, 2.24) is 24.8 Å². The van der Waals surface area contributed by atoms with Gasteiger partial charge in [0.2, 0.25) is 0 Å². The summed E-state index contributed by atoms with van der Waals surface area (Å²) in [7, 11) is 0. The normalized spacial score (nSPS) is 10.5. The third-order valence-electron chi connectivity index (χ3n) is 2.72. The number of hydrogen-bond acceptors (Lipinski definition) is 3. The molecule has 0 bridgehead atoms. The van der Waals surface area contributed by atoms with Gasteiger partial charge >= 0.3 is 0 Å². The number of aromatic nitrogens is 5. The van der Waals surface area contributed by atoms with Crippen molar-refractivity contribution in [1.29, 1.82) is 0 Å². The molecule has 0 fully saturated rings. The Morgan fingerprint density at radius 2 is 1.90 bits per heavy atom. The molecule has 0 saturated heterocycles. The highest BCUT2D eigenvalue weighted by Crippen LogP contribution is 2.03. The van der Waals surface area contributed by atoms with Crippen LogP contribution in [0.25, 0.3) is 0 Å². The molecule has 0 aromatic carbocycles. The van der Waals surface area contributed by atoms with E-state index in [1.807, 2.05) is 35.6 Å². The molecule has 5 heteroatoms. The topological polar surface area (TPSA) is 48.5 Å². The van der Waals surface area contributed by atoms with Crippen molar-refractivity contribution in [3.05, 3.63) is 29.8 Å². The van der Waals surface area contributed by atoms with Gasteiger partial charge in [0.25, 0.3) is 0 Å². The molecule has 20 heavy (non-hydrogen) atoms. The predicted octanol–water partition coefficient (Wildman–Crippen LogP) is 3.10. The highest BCUT2D eigenvalue weighted by Gasteiger charge is 2.03. The molecule has 0 amide bonds. The standard InChI is InChI=1S/C13H21N5.C2H6/c1-11(2)8-18-10-13(15-16-18)5-4-6-17-9-12(3)7-14-17;1-2/h7,9-11H,4-6,8H2,1-3H3;1-2H3. The molecule has 0 saturated carbocycles. The summed E-state index contributed by atoms with van der Waals surface area (Å²) in [6.45, 7) is 12.3. The van der Waals surface area contributed by atoms with Gasteiger partial charge in [-0.15, -0.1) is 5.10 Å². The largest absolute Gasteiger partial charge is 0.272 e. The van der Waals surface area contributed by atoms with Gasteiger partial charge in [0.1, 0.15) is 0 Å². The van der Waals surface area contributed by atoms with Gasteiger partial charge in [0.05, 0.1) is 11.9 Å². The highest BCUT2D eigenvalue weighted by atomic mass is 15.4. The fraction of sp³-hybridized carbons (Fsp3) is 0.667. The maximum atomic E-state index is 4.27. The lowest BCUT2D eigenvalue weighted by atomic mass is 10.2. The van der Waals surface area contributed by atoms with Crippen molar-refractivity contribution in [2.75, 3.05) is 0 Å². The summed E-state index contributed by atoms with van der Waals surface area (Å²) in [5, 5.41) is 12.6. The maximum absolute atomic E-state index is 4.27. The van der Waals surface area contributed by atoms with Crippen molar-refractivity contribution < 1.29 is 0 Å². The minimum Gasteiger partial charge on any atom is -0.272 e. The van der Waals surface area contributed by atoms with Crippen molar-refractivity contribution in [3.8, 4) is 0 Å². The molecule has 5 nitrogen and oxygen atoms in total. The molecular weight excluding hydrogens is 250 g/mol. The van der Waals surface area contributed by atoms with E-state index in [9.17, 15) is 0 Å². The van der Waals surface area contributed by atoms with E-state index in [1.165, 1.54) is 5.56 Å². The number of rotatable bonds is 6. The van der Waals surface area contributed by atoms with Crippen LogP contribution < -0.4 is 0 Å². The van der Waals surface area contributed by atoms with Crippen molar-refractivity contribution in [2.24, 2.45) is 5.92 Å². The average Bonchev–Trinajstić information content (AvgIpc) is 3.01. The first-order chi connectivity index (χ1) is 9.63. The first-order valence-electron chi connectivity index (χ1n) is 7.51. The Morgan fingerprint density at radius 1 is 1.15 bits per heavy atom. The van der Waals surface area contributed by atoms with Crippen LogP contribution in [0.4, 0.5) is 0 Å². The van der Waals surface area contributed by atoms with Gasteiger partial charge in [0.15, 0.2) is 0 Å². The quantitative estimate of drug-likeness (QED) is 0.815. The average molecular weight is 277 g/mol. The van der Waals surface area contributed by atoms with Crippen LogP contribution >= 0.6 is 0 Å². The molecule has 0 radical (unpaired) electrons. The van der Waals surface area contributed by atoms with Crippen LogP contribution in [0, 0.1) is 12.8 Å². The second-order valence-electron chi connectivity index (χ2n) is 5.21. The number of nitrogens with zero attached hydrogens (tertiary/aromatic N) is 5. The van der Waals surface area contributed by atoms with Gasteiger partial charge < -0.3 is 0 Å². The maximum Gasteiger partial charge on any atom is 0.0827 e. The van der Waals surface area contributed by atoms with Crippen molar-refractivity contribution in [3.63, 3.8) is 0 Å². The smallest absolute Gasteiger partial charge is 0.0827 e. The molecule has 0 atom stereocenters. The molecule has 2 aromatic rings. The Morgan fingerprint density at radius 3 is 2.50 bits per heavy atom. The van der Waals surface area contributed by atoms with Gasteiger partial charge in [-0.1, -0.05) is 32.9 Å². The fourth-order valence-electron chi connectivity index (χ4n) is 1.93. The Labute approximate surface area is 122 Å². The Hall–Kier alpha value is -1.65. The first kappa shape index (κ1) is 16.4. The molecule has 2 aromatic heterocycles. The Kier molecular flexibility index (Phi) is 6.98. The van der Waals surface area contributed by atoms with Crippen molar-refractivity contribution >= 4 is 0 Å². The van der Waals surface area contributed by atoms with Gasteiger partial charge in [-0.2, -0.15) is 5.10 Å². The Bertz CT molecular complexity index is 484. The molecule has 2 rings (SSSR count). The minimum absolute atomic E-state index is 0.603. The van der Waals surface area contributed by atoms with E-state index in [0.29, 0.717) is 5.92 Å². The summed E-state index contributed by atoms with van der Waals surface area (Å²) in [6, 6.07) is 0. The lowest BCUT2D eigenvalue weighted by Crippen LogP contribution is -2.04. The summed E-state index contributed by atoms with van der Waals surface area (Å²) in [5.74, 6) is 0.603. The monoisotopic (exact) mass is 277 g/mol. The summed E-state index contributed by atoms with van der Waals surface area (Å²) in [6.07, 6.45) is 8.00. The summed E-state index contributed by atoms with van der Waals surface area (Å²) in [5.41, 5.74) is 2.28. The van der Waals surface area contributed by atoms with Crippen LogP contribution in [0.1, 0.15) is 45.4 Å². The van der Waals surface area contributed by atoms with E-state index >= 15 is 0 Å². The van der Waals surface area contributed by atoms with E-state index < -0.39 is 0 Å². The van der Waals surface area contributed by atoms with Gasteiger partial charge in [0, 0.05) is 25.5 Å². The van der Waals surface area contributed by atoms with Gasteiger partial charge in [-0.3, -0.25) is 9.36 Å². The summed E-state index contributed by atoms with van der Waals surface area (Å²) < 4.78 is 3.91. The molecule has 0 aliphatic rings. The zero-order chi connectivity index (χ0) is 15.0. The van der Waals surface area contributed by atoms with Crippen LogP contribution in [-0.2, 0) is 19.5 Å². The third kappa shape index (κ3) is 5.55. The molecular formula is C15H27N5. The van der Waals surface area contributed by atoms with Crippen LogP contribution in [-0.4, -0.2) is 24.8 Å². The fourth-order valence-corrected chi connectivity index (χ4v) is 1.93. The zero-order valence-corrected chi connectivity index (χ0v) is 13.4. The van der Waals surface area contributed by atoms with Crippen molar-refractivity contribution in [2.45, 2.75) is 60.5 Å². The van der Waals surface area contributed by atoms with Crippen LogP contribution in [0.3, 0.4) is 0 Å². The third-order valence-corrected chi connectivity index (χ3v) is 2.72. The summed E-state index contributed by atoms with van der Waals surface area (Å²) >= 11 is 0. The zero-order valence-electron chi connectivity index (χ0n) is 13.4. The number of hydrogen-bond donors (Lipinski definition) is 0. The lowest BCUT2D eigenvalue weighted by Gasteiger charge is -2.02. The van der Waals surface area contributed by atoms with Gasteiger partial charge in [-0.05, 0) is 31.2 Å². The SMILES string of the molecule is CC.Cc1cnn(CCCc2cn(CC(C)C)nn2)c1. The molecule has 2 heterocycles. The molecule has 0 aliphatic carbocycles. The second-order valence-corrected chi connectivity index (χ2v) is 5.21. The van der Waals surface area contributed by atoms with E-state index in [4.69, 9.17) is 0 Å². The molecule has 112 valence electrons. The highest BCUT2D eigenvalue weighted by molar-refractivity contribution is 4.99. The van der Waals surface area contributed by atoms with E-state index in [1.54, 1.807) is 0 Å².